The summed E-state index contributed by atoms with van der Waals surface area (Å²) in [6.07, 6.45) is 10.0. The quantitative estimate of drug-likeness (QED) is 0.184. The minimum Gasteiger partial charge on any atom is -0.369 e. The molecule has 0 unspecified atom stereocenters. The van der Waals surface area contributed by atoms with Crippen LogP contribution in [-0.4, -0.2) is 95.6 Å². The highest BCUT2D eigenvalue weighted by Gasteiger charge is 2.52. The van der Waals surface area contributed by atoms with Crippen LogP contribution in [0.2, 0.25) is 0 Å². The van der Waals surface area contributed by atoms with E-state index < -0.39 is 17.5 Å². The van der Waals surface area contributed by atoms with Crippen molar-refractivity contribution in [3.63, 3.8) is 0 Å². The van der Waals surface area contributed by atoms with Gasteiger partial charge in [0.2, 0.25) is 0 Å². The van der Waals surface area contributed by atoms with Crippen molar-refractivity contribution in [3.8, 4) is 5.69 Å². The van der Waals surface area contributed by atoms with Crippen LogP contribution in [0.4, 0.5) is 24.5 Å². The van der Waals surface area contributed by atoms with Crippen molar-refractivity contribution in [3.05, 3.63) is 135 Å². The first-order valence-corrected chi connectivity index (χ1v) is 21.6. The van der Waals surface area contributed by atoms with Crippen molar-refractivity contribution in [2.75, 3.05) is 75.7 Å². The molecule has 60 heavy (non-hydrogen) atoms. The van der Waals surface area contributed by atoms with Crippen LogP contribution in [0, 0.1) is 30.3 Å². The molecule has 6 heterocycles. The third-order valence-electron chi connectivity index (χ3n) is 13.8. The van der Waals surface area contributed by atoms with Crippen LogP contribution in [0.25, 0.3) is 11.8 Å². The van der Waals surface area contributed by atoms with Gasteiger partial charge in [-0.05, 0) is 125 Å². The highest BCUT2D eigenvalue weighted by atomic mass is 19.1. The second-order valence-corrected chi connectivity index (χ2v) is 17.7. The number of likely N-dealkylation sites (tertiary alicyclic amines) is 2. The van der Waals surface area contributed by atoms with E-state index in [-0.39, 0.29) is 33.9 Å². The summed E-state index contributed by atoms with van der Waals surface area (Å²) in [5.74, 6) is -1.93. The maximum Gasteiger partial charge on any atom is 0.255 e. The van der Waals surface area contributed by atoms with Gasteiger partial charge in [0.1, 0.15) is 17.5 Å². The standard InChI is InChI=1S/C48H54F3N7O2/c1-31(24-39-32(2)52-15-8-44(39)58-30-37(49)4-7-45(58)59)28-54-16-11-35(12-17-54)46-41(50)25-36(26-42(46)51)47(60)57-18-9-34(10-19-57)29-55-20-22-56(23-21-55)38-5-6-43-40(27-38)48(13-14-48)33(3)53-43/h4-8,15,24-27,30,34-35,53H,3,9-14,16-23,28-29H2,1-2H3/b31-24+. The number of hydrogen-bond acceptors (Lipinski definition) is 7. The summed E-state index contributed by atoms with van der Waals surface area (Å²) in [5, 5.41) is 3.49. The van der Waals surface area contributed by atoms with Crippen molar-refractivity contribution in [1.29, 1.82) is 0 Å². The second kappa shape index (κ2) is 16.3. The van der Waals surface area contributed by atoms with E-state index in [1.807, 2.05) is 19.9 Å². The number of rotatable bonds is 9. The molecule has 1 saturated carbocycles. The summed E-state index contributed by atoms with van der Waals surface area (Å²) in [6, 6.07) is 13.3. The predicted molar refractivity (Wildman–Crippen MR) is 230 cm³/mol. The number of pyridine rings is 2. The lowest BCUT2D eigenvalue weighted by Crippen LogP contribution is -2.49. The summed E-state index contributed by atoms with van der Waals surface area (Å²) in [5.41, 5.74) is 8.01. The number of benzene rings is 2. The zero-order valence-electron chi connectivity index (χ0n) is 34.7. The van der Waals surface area contributed by atoms with Crippen LogP contribution in [0.3, 0.4) is 0 Å². The summed E-state index contributed by atoms with van der Waals surface area (Å²) in [7, 11) is 0. The number of aromatic nitrogens is 2. The average Bonchev–Trinajstić information content (AvgIpc) is 4.01. The number of anilines is 2. The van der Waals surface area contributed by atoms with Gasteiger partial charge in [0.15, 0.2) is 0 Å². The van der Waals surface area contributed by atoms with Gasteiger partial charge in [-0.15, -0.1) is 0 Å². The lowest BCUT2D eigenvalue weighted by Gasteiger charge is -2.39. The summed E-state index contributed by atoms with van der Waals surface area (Å²) < 4.78 is 46.8. The monoisotopic (exact) mass is 817 g/mol. The number of carbonyl (C=O) groups excluding carboxylic acids is 1. The van der Waals surface area contributed by atoms with Crippen LogP contribution in [0.5, 0.6) is 0 Å². The number of allylic oxidation sites excluding steroid dienone is 1. The molecule has 3 saturated heterocycles. The highest BCUT2D eigenvalue weighted by molar-refractivity contribution is 5.94. The Hall–Kier alpha value is -5.20. The summed E-state index contributed by atoms with van der Waals surface area (Å²) in [6.45, 7) is 16.2. The molecule has 0 bridgehead atoms. The number of halogens is 3. The molecule has 9 rings (SSSR count). The van der Waals surface area contributed by atoms with E-state index in [1.165, 1.54) is 58.7 Å². The minimum absolute atomic E-state index is 0.0688. The molecule has 9 nitrogen and oxygen atoms in total. The first-order valence-electron chi connectivity index (χ1n) is 21.6. The topological polar surface area (TPSA) is 77.0 Å². The molecule has 1 aliphatic carbocycles. The Labute approximate surface area is 350 Å². The van der Waals surface area contributed by atoms with Gasteiger partial charge in [-0.1, -0.05) is 18.2 Å². The van der Waals surface area contributed by atoms with E-state index in [0.717, 1.165) is 68.5 Å². The zero-order valence-corrected chi connectivity index (χ0v) is 34.7. The number of hydrogen-bond donors (Lipinski definition) is 1. The number of piperazine rings is 1. The first kappa shape index (κ1) is 40.2. The normalized spacial score (nSPS) is 20.1. The number of carbonyl (C=O) groups is 1. The minimum atomic E-state index is -0.650. The van der Waals surface area contributed by atoms with Gasteiger partial charge in [0.05, 0.1) is 5.69 Å². The molecule has 4 fully saturated rings. The number of nitrogens with zero attached hydrogens (tertiary/aromatic N) is 6. The van der Waals surface area contributed by atoms with E-state index in [0.29, 0.717) is 62.9 Å². The number of amides is 1. The largest absolute Gasteiger partial charge is 0.369 e. The lowest BCUT2D eigenvalue weighted by molar-refractivity contribution is 0.0664. The Morgan fingerprint density at radius 2 is 1.62 bits per heavy atom. The van der Waals surface area contributed by atoms with Crippen LogP contribution >= 0.6 is 0 Å². The third kappa shape index (κ3) is 7.91. The molecule has 2 aromatic carbocycles. The predicted octanol–water partition coefficient (Wildman–Crippen LogP) is 7.89. The number of aryl methyl sites for hydroxylation is 1. The van der Waals surface area contributed by atoms with Crippen molar-refractivity contribution in [2.45, 2.75) is 63.7 Å². The summed E-state index contributed by atoms with van der Waals surface area (Å²) in [4.78, 5) is 39.5. The Kier molecular flexibility index (Phi) is 11.0. The average molecular weight is 818 g/mol. The molecule has 1 spiro atoms. The van der Waals surface area contributed by atoms with Crippen molar-refractivity contribution < 1.29 is 18.0 Å². The Balaban J connectivity index is 0.749. The van der Waals surface area contributed by atoms with Gasteiger partial charge in [-0.2, -0.15) is 0 Å². The Morgan fingerprint density at radius 1 is 0.900 bits per heavy atom. The molecular formula is C48H54F3N7O2. The number of fused-ring (bicyclic) bond motifs is 2. The van der Waals surface area contributed by atoms with Crippen molar-refractivity contribution in [1.82, 2.24) is 24.3 Å². The lowest BCUT2D eigenvalue weighted by atomic mass is 9.87. The van der Waals surface area contributed by atoms with E-state index in [1.54, 1.807) is 17.2 Å². The maximum atomic E-state index is 15.7. The van der Waals surface area contributed by atoms with Crippen molar-refractivity contribution >= 4 is 23.4 Å². The van der Waals surface area contributed by atoms with Crippen molar-refractivity contribution in [2.24, 2.45) is 5.92 Å². The Morgan fingerprint density at radius 3 is 2.32 bits per heavy atom. The molecular weight excluding hydrogens is 764 g/mol. The maximum absolute atomic E-state index is 15.7. The molecule has 314 valence electrons. The first-order chi connectivity index (χ1) is 29.0. The number of nitrogens with one attached hydrogen (secondary N) is 1. The van der Waals surface area contributed by atoms with Gasteiger partial charge in [-0.3, -0.25) is 28.9 Å². The molecule has 12 heteroatoms. The third-order valence-corrected chi connectivity index (χ3v) is 13.8. The fourth-order valence-corrected chi connectivity index (χ4v) is 10.2. The SMILES string of the molecule is C=C1Nc2ccc(N3CCN(CC4CCN(C(=O)c5cc(F)c(C6CCN(C/C(C)=C/c7c(-n8cc(F)ccc8=O)ccnc7C)CC6)c(F)c5)CC4)CC3)cc2C12CC2. The van der Waals surface area contributed by atoms with Crippen LogP contribution in [0.15, 0.2) is 83.6 Å². The van der Waals surface area contributed by atoms with Crippen LogP contribution < -0.4 is 15.8 Å². The van der Waals surface area contributed by atoms with Crippen LogP contribution in [-0.2, 0) is 5.41 Å². The molecule has 5 aliphatic rings. The molecule has 0 radical (unpaired) electrons. The van der Waals surface area contributed by atoms with Gasteiger partial charge < -0.3 is 15.1 Å². The fraction of sp³-hybridized carbons (Fsp3) is 0.438. The van der Waals surface area contributed by atoms with Gasteiger partial charge in [-0.25, -0.2) is 13.2 Å². The van der Waals surface area contributed by atoms with Gasteiger partial charge in [0, 0.05) is 116 Å². The molecule has 1 N–H and O–H groups in total. The van der Waals surface area contributed by atoms with E-state index in [4.69, 9.17) is 0 Å². The number of piperidine rings is 2. The van der Waals surface area contributed by atoms with E-state index in [9.17, 15) is 14.0 Å². The van der Waals surface area contributed by atoms with E-state index in [2.05, 4.69) is 49.8 Å². The molecule has 0 atom stereocenters. The molecule has 2 aromatic heterocycles. The van der Waals surface area contributed by atoms with Crippen LogP contribution in [0.1, 0.15) is 84.1 Å². The fourth-order valence-electron chi connectivity index (χ4n) is 10.2. The van der Waals surface area contributed by atoms with E-state index >= 15 is 8.78 Å². The molecule has 1 amide bonds. The molecule has 4 aromatic rings. The highest BCUT2D eigenvalue weighted by Crippen LogP contribution is 2.59. The van der Waals surface area contributed by atoms with Gasteiger partial charge in [0.25, 0.3) is 11.5 Å². The molecule has 4 aliphatic heterocycles. The summed E-state index contributed by atoms with van der Waals surface area (Å²) >= 11 is 0. The Bertz CT molecular complexity index is 2380. The zero-order chi connectivity index (χ0) is 41.7. The second-order valence-electron chi connectivity index (χ2n) is 17.7. The van der Waals surface area contributed by atoms with Gasteiger partial charge >= 0.3 is 0 Å². The smallest absolute Gasteiger partial charge is 0.255 e.